The monoisotopic (exact) mass is 222 g/mol. The minimum Gasteiger partial charge on any atom is -0.396 e. The molecule has 1 aliphatic heterocycles. The molecule has 1 fully saturated rings. The summed E-state index contributed by atoms with van der Waals surface area (Å²) in [4.78, 5) is 13.3. The molecule has 16 heavy (non-hydrogen) atoms. The molecule has 0 aromatic heterocycles. The Bertz CT molecular complexity index is 406. The van der Waals surface area contributed by atoms with E-state index in [9.17, 15) is 9.18 Å². The van der Waals surface area contributed by atoms with Crippen LogP contribution in [0, 0.1) is 5.82 Å². The molecule has 0 aliphatic carbocycles. The number of nitrogens with zero attached hydrogens (tertiary/aromatic N) is 1. The molecule has 4 heteroatoms. The highest BCUT2D eigenvalue weighted by molar-refractivity contribution is 5.76. The number of hydrogen-bond donors (Lipinski definition) is 1. The number of anilines is 1. The summed E-state index contributed by atoms with van der Waals surface area (Å²) < 4.78 is 13.2. The zero-order valence-electron chi connectivity index (χ0n) is 9.08. The molecule has 0 bridgehead atoms. The maximum Gasteiger partial charge on any atom is 0.222 e. The van der Waals surface area contributed by atoms with Crippen LogP contribution in [-0.2, 0) is 11.3 Å². The van der Waals surface area contributed by atoms with Gasteiger partial charge in [0.2, 0.25) is 5.91 Å². The lowest BCUT2D eigenvalue weighted by atomic mass is 10.1. The van der Waals surface area contributed by atoms with Gasteiger partial charge in [0.15, 0.2) is 0 Å². The van der Waals surface area contributed by atoms with Crippen molar-refractivity contribution in [2.75, 3.05) is 12.3 Å². The summed E-state index contributed by atoms with van der Waals surface area (Å²) in [5.74, 6) is -0.259. The highest BCUT2D eigenvalue weighted by Crippen LogP contribution is 2.17. The highest BCUT2D eigenvalue weighted by atomic mass is 19.1. The van der Waals surface area contributed by atoms with E-state index in [1.54, 1.807) is 17.0 Å². The number of amides is 1. The molecule has 1 aromatic rings. The average Bonchev–Trinajstić information content (AvgIpc) is 2.27. The van der Waals surface area contributed by atoms with Crippen molar-refractivity contribution in [3.63, 3.8) is 0 Å². The number of carbonyl (C=O) groups excluding carboxylic acids is 1. The molecule has 2 N–H and O–H groups in total. The van der Waals surface area contributed by atoms with E-state index in [2.05, 4.69) is 0 Å². The standard InChI is InChI=1S/C12H15FN2O/c13-10-7-9(4-5-11(10)14)8-15-6-2-1-3-12(15)16/h4-5,7H,1-3,6,8,14H2. The fraction of sp³-hybridized carbons (Fsp3) is 0.417. The van der Waals surface area contributed by atoms with Crippen molar-refractivity contribution in [2.45, 2.75) is 25.8 Å². The van der Waals surface area contributed by atoms with Crippen molar-refractivity contribution in [3.8, 4) is 0 Å². The van der Waals surface area contributed by atoms with Crippen molar-refractivity contribution < 1.29 is 9.18 Å². The first kappa shape index (κ1) is 10.9. The Balaban J connectivity index is 2.08. The van der Waals surface area contributed by atoms with Crippen LogP contribution in [0.25, 0.3) is 0 Å². The molecule has 2 rings (SSSR count). The first-order chi connectivity index (χ1) is 7.66. The summed E-state index contributed by atoms with van der Waals surface area (Å²) in [6.45, 7) is 1.25. The SMILES string of the molecule is Nc1ccc(CN2CCCCC2=O)cc1F. The third-order valence-electron chi connectivity index (χ3n) is 2.86. The van der Waals surface area contributed by atoms with Gasteiger partial charge >= 0.3 is 0 Å². The third kappa shape index (κ3) is 2.32. The fourth-order valence-electron chi connectivity index (χ4n) is 1.92. The quantitative estimate of drug-likeness (QED) is 0.777. The van der Waals surface area contributed by atoms with E-state index < -0.39 is 5.82 Å². The topological polar surface area (TPSA) is 46.3 Å². The summed E-state index contributed by atoms with van der Waals surface area (Å²) >= 11 is 0. The van der Waals surface area contributed by atoms with E-state index >= 15 is 0 Å². The van der Waals surface area contributed by atoms with Crippen molar-refractivity contribution in [1.82, 2.24) is 4.90 Å². The van der Waals surface area contributed by atoms with E-state index in [1.165, 1.54) is 6.07 Å². The smallest absolute Gasteiger partial charge is 0.222 e. The van der Waals surface area contributed by atoms with Crippen molar-refractivity contribution in [3.05, 3.63) is 29.6 Å². The van der Waals surface area contributed by atoms with E-state index in [0.29, 0.717) is 13.0 Å². The molecule has 1 amide bonds. The van der Waals surface area contributed by atoms with E-state index in [0.717, 1.165) is 24.9 Å². The molecule has 0 saturated carbocycles. The minimum atomic E-state index is -0.415. The average molecular weight is 222 g/mol. The summed E-state index contributed by atoms with van der Waals surface area (Å²) in [6, 6.07) is 4.70. The first-order valence-electron chi connectivity index (χ1n) is 5.48. The summed E-state index contributed by atoms with van der Waals surface area (Å²) in [5.41, 5.74) is 6.33. The van der Waals surface area contributed by atoms with E-state index in [1.807, 2.05) is 0 Å². The van der Waals surface area contributed by atoms with Gasteiger partial charge in [-0.05, 0) is 30.5 Å². The van der Waals surface area contributed by atoms with E-state index in [-0.39, 0.29) is 11.6 Å². The molecule has 0 atom stereocenters. The van der Waals surface area contributed by atoms with Crippen molar-refractivity contribution in [1.29, 1.82) is 0 Å². The number of halogens is 1. The number of hydrogen-bond acceptors (Lipinski definition) is 2. The third-order valence-corrected chi connectivity index (χ3v) is 2.86. The zero-order valence-corrected chi connectivity index (χ0v) is 9.08. The van der Waals surface area contributed by atoms with Gasteiger partial charge in [0.05, 0.1) is 5.69 Å². The Hall–Kier alpha value is -1.58. The fourth-order valence-corrected chi connectivity index (χ4v) is 1.92. The van der Waals surface area contributed by atoms with Crippen molar-refractivity contribution in [2.24, 2.45) is 0 Å². The van der Waals surface area contributed by atoms with Gasteiger partial charge < -0.3 is 10.6 Å². The number of carbonyl (C=O) groups is 1. The van der Waals surface area contributed by atoms with Gasteiger partial charge in [-0.25, -0.2) is 4.39 Å². The Morgan fingerprint density at radius 1 is 1.38 bits per heavy atom. The lowest BCUT2D eigenvalue weighted by molar-refractivity contribution is -0.133. The first-order valence-corrected chi connectivity index (χ1v) is 5.48. The van der Waals surface area contributed by atoms with Crippen LogP contribution in [0.2, 0.25) is 0 Å². The van der Waals surface area contributed by atoms with Crippen LogP contribution in [0.3, 0.4) is 0 Å². The van der Waals surface area contributed by atoms with Gasteiger partial charge in [-0.2, -0.15) is 0 Å². The largest absolute Gasteiger partial charge is 0.396 e. The van der Waals surface area contributed by atoms with Gasteiger partial charge in [0, 0.05) is 19.5 Å². The van der Waals surface area contributed by atoms with Gasteiger partial charge in [-0.3, -0.25) is 4.79 Å². The van der Waals surface area contributed by atoms with Gasteiger partial charge in [0.1, 0.15) is 5.82 Å². The Morgan fingerprint density at radius 2 is 2.19 bits per heavy atom. The molecular formula is C12H15FN2O. The second-order valence-electron chi connectivity index (χ2n) is 4.13. The van der Waals surface area contributed by atoms with Gasteiger partial charge in [0.25, 0.3) is 0 Å². The number of benzene rings is 1. The molecule has 0 radical (unpaired) electrons. The van der Waals surface area contributed by atoms with Gasteiger partial charge in [-0.15, -0.1) is 0 Å². The molecule has 0 spiro atoms. The molecule has 1 aliphatic rings. The van der Waals surface area contributed by atoms with Crippen LogP contribution in [0.4, 0.5) is 10.1 Å². The summed E-state index contributed by atoms with van der Waals surface area (Å²) in [7, 11) is 0. The van der Waals surface area contributed by atoms with Crippen LogP contribution in [0.1, 0.15) is 24.8 Å². The molecule has 86 valence electrons. The van der Waals surface area contributed by atoms with E-state index in [4.69, 9.17) is 5.73 Å². The lowest BCUT2D eigenvalue weighted by Gasteiger charge is -2.26. The Morgan fingerprint density at radius 3 is 2.88 bits per heavy atom. The number of likely N-dealkylation sites (tertiary alicyclic amines) is 1. The minimum absolute atomic E-state index is 0.147. The second-order valence-corrected chi connectivity index (χ2v) is 4.13. The maximum atomic E-state index is 13.2. The van der Waals surface area contributed by atoms with Crippen LogP contribution in [0.15, 0.2) is 18.2 Å². The molecule has 1 heterocycles. The highest BCUT2D eigenvalue weighted by Gasteiger charge is 2.18. The summed E-state index contributed by atoms with van der Waals surface area (Å²) in [5, 5.41) is 0. The lowest BCUT2D eigenvalue weighted by Crippen LogP contribution is -2.34. The number of piperidine rings is 1. The number of rotatable bonds is 2. The Kier molecular flexibility index (Phi) is 3.08. The Labute approximate surface area is 94.0 Å². The van der Waals surface area contributed by atoms with Crippen LogP contribution < -0.4 is 5.73 Å². The molecule has 3 nitrogen and oxygen atoms in total. The molecular weight excluding hydrogens is 207 g/mol. The maximum absolute atomic E-state index is 13.2. The molecule has 0 unspecified atom stereocenters. The predicted octanol–water partition coefficient (Wildman–Crippen LogP) is 1.92. The van der Waals surface area contributed by atoms with Crippen LogP contribution >= 0.6 is 0 Å². The number of nitrogens with two attached hydrogens (primary N) is 1. The number of nitrogen functional groups attached to an aromatic ring is 1. The predicted molar refractivity (Wildman–Crippen MR) is 60.1 cm³/mol. The second kappa shape index (κ2) is 4.51. The molecule has 1 saturated heterocycles. The molecule has 1 aromatic carbocycles. The van der Waals surface area contributed by atoms with Crippen LogP contribution in [0.5, 0.6) is 0 Å². The van der Waals surface area contributed by atoms with Crippen LogP contribution in [-0.4, -0.2) is 17.4 Å². The summed E-state index contributed by atoms with van der Waals surface area (Å²) in [6.07, 6.45) is 2.60. The normalized spacial score (nSPS) is 16.6. The zero-order chi connectivity index (χ0) is 11.5. The van der Waals surface area contributed by atoms with Crippen molar-refractivity contribution >= 4 is 11.6 Å². The van der Waals surface area contributed by atoms with Gasteiger partial charge in [-0.1, -0.05) is 6.07 Å².